The number of carbonyl (C=O) groups is 2. The zero-order valence-corrected chi connectivity index (χ0v) is 12.6. The summed E-state index contributed by atoms with van der Waals surface area (Å²) in [4.78, 5) is 25.0. The zero-order valence-electron chi connectivity index (χ0n) is 12.6. The number of ether oxygens (including phenoxy) is 3. The Hall–Kier alpha value is -2.70. The van der Waals surface area contributed by atoms with Gasteiger partial charge in [0.25, 0.3) is 0 Å². The molecule has 1 aromatic carbocycles. The van der Waals surface area contributed by atoms with Crippen LogP contribution in [0, 0.1) is 0 Å². The van der Waals surface area contributed by atoms with Crippen LogP contribution in [0.15, 0.2) is 29.7 Å². The molecule has 0 saturated carbocycles. The van der Waals surface area contributed by atoms with Crippen molar-refractivity contribution in [3.05, 3.63) is 29.7 Å². The Bertz CT molecular complexity index is 615. The predicted octanol–water partition coefficient (Wildman–Crippen LogP) is 1.43. The van der Waals surface area contributed by atoms with Crippen molar-refractivity contribution in [2.45, 2.75) is 6.92 Å². The lowest BCUT2D eigenvalue weighted by Crippen LogP contribution is -2.21. The number of nitrogens with zero attached hydrogens (tertiary/aromatic N) is 1. The van der Waals surface area contributed by atoms with E-state index in [0.717, 1.165) is 0 Å². The number of rotatable bonds is 5. The summed E-state index contributed by atoms with van der Waals surface area (Å²) in [6, 6.07) is 4.91. The van der Waals surface area contributed by atoms with Gasteiger partial charge >= 0.3 is 5.97 Å². The molecule has 0 saturated heterocycles. The molecule has 0 unspecified atom stereocenters. The van der Waals surface area contributed by atoms with Gasteiger partial charge in [0.15, 0.2) is 11.4 Å². The normalized spacial score (nSPS) is 14.3. The van der Waals surface area contributed by atoms with Gasteiger partial charge in [-0.3, -0.25) is 4.79 Å². The summed E-state index contributed by atoms with van der Waals surface area (Å²) in [6.07, 6.45) is 0. The Morgan fingerprint density at radius 1 is 1.23 bits per heavy atom. The highest BCUT2D eigenvalue weighted by molar-refractivity contribution is 6.21. The third kappa shape index (κ3) is 2.83. The van der Waals surface area contributed by atoms with Crippen LogP contribution in [0.1, 0.15) is 6.92 Å². The Morgan fingerprint density at radius 3 is 2.32 bits per heavy atom. The zero-order chi connectivity index (χ0) is 16.3. The minimum absolute atomic E-state index is 0.121. The van der Waals surface area contributed by atoms with Crippen molar-refractivity contribution in [2.75, 3.05) is 32.3 Å². The maximum absolute atomic E-state index is 12.0. The van der Waals surface area contributed by atoms with Crippen LogP contribution < -0.4 is 14.4 Å². The van der Waals surface area contributed by atoms with E-state index in [1.807, 2.05) is 0 Å². The fourth-order valence-electron chi connectivity index (χ4n) is 2.13. The van der Waals surface area contributed by atoms with Crippen molar-refractivity contribution >= 4 is 17.4 Å². The van der Waals surface area contributed by atoms with E-state index in [2.05, 4.69) is 0 Å². The van der Waals surface area contributed by atoms with Gasteiger partial charge in [-0.25, -0.2) is 4.79 Å². The smallest absolute Gasteiger partial charge is 0.347 e. The van der Waals surface area contributed by atoms with Gasteiger partial charge in [0.2, 0.25) is 5.88 Å². The molecule has 118 valence electrons. The molecular weight excluding hydrogens is 290 g/mol. The molecule has 22 heavy (non-hydrogen) atoms. The Kier molecular flexibility index (Phi) is 4.55. The quantitative estimate of drug-likeness (QED) is 0.650. The van der Waals surface area contributed by atoms with Crippen molar-refractivity contribution in [1.82, 2.24) is 0 Å². The summed E-state index contributed by atoms with van der Waals surface area (Å²) < 4.78 is 15.1. The van der Waals surface area contributed by atoms with Gasteiger partial charge in [-0.1, -0.05) is 0 Å². The molecule has 0 aliphatic carbocycles. The lowest BCUT2D eigenvalue weighted by molar-refractivity contribution is -0.139. The van der Waals surface area contributed by atoms with Crippen molar-refractivity contribution in [1.29, 1.82) is 0 Å². The van der Waals surface area contributed by atoms with Gasteiger partial charge in [0.05, 0.1) is 33.1 Å². The first-order chi connectivity index (χ1) is 10.5. The van der Waals surface area contributed by atoms with Crippen LogP contribution in [0.3, 0.4) is 0 Å². The second-order valence-corrected chi connectivity index (χ2v) is 4.50. The highest BCUT2D eigenvalue weighted by Crippen LogP contribution is 2.33. The number of esters is 1. The van der Waals surface area contributed by atoms with Crippen LogP contribution in [-0.4, -0.2) is 44.2 Å². The summed E-state index contributed by atoms with van der Waals surface area (Å²) in [5.74, 6) is -0.766. The van der Waals surface area contributed by atoms with Crippen LogP contribution in [0.2, 0.25) is 0 Å². The van der Waals surface area contributed by atoms with E-state index in [1.54, 1.807) is 25.1 Å². The van der Waals surface area contributed by atoms with Crippen molar-refractivity contribution in [3.8, 4) is 11.5 Å². The second kappa shape index (κ2) is 6.38. The number of benzene rings is 1. The summed E-state index contributed by atoms with van der Waals surface area (Å²) in [5, 5.41) is 10.2. The number of aliphatic hydroxyl groups excluding tert-OH is 1. The lowest BCUT2D eigenvalue weighted by Gasteiger charge is -2.19. The molecule has 0 fully saturated rings. The topological polar surface area (TPSA) is 85.3 Å². The summed E-state index contributed by atoms with van der Waals surface area (Å²) in [5.41, 5.74) is 0.130. The molecule has 1 heterocycles. The van der Waals surface area contributed by atoms with Gasteiger partial charge in [-0.2, -0.15) is 0 Å². The molecule has 0 bridgehead atoms. The minimum atomic E-state index is -0.831. The number of hydrogen-bond acceptors (Lipinski definition) is 7. The Morgan fingerprint density at radius 2 is 1.82 bits per heavy atom. The molecular formula is C15H17NO6. The van der Waals surface area contributed by atoms with Crippen LogP contribution in [0.25, 0.3) is 0 Å². The number of carbonyl (C=O) groups excluding carboxylic acids is 2. The average molecular weight is 307 g/mol. The maximum atomic E-state index is 12.0. The standard InChI is InChI=1S/C15H17NO6/c1-4-22-15(19)13-12(17)8-16(14(13)18)9-5-10(20-2)7-11(6-9)21-3/h5-7,18H,4,8H2,1-3H3. The van der Waals surface area contributed by atoms with E-state index in [4.69, 9.17) is 14.2 Å². The molecule has 0 spiro atoms. The van der Waals surface area contributed by atoms with E-state index >= 15 is 0 Å². The molecule has 0 radical (unpaired) electrons. The van der Waals surface area contributed by atoms with Crippen molar-refractivity contribution < 1.29 is 28.9 Å². The number of aliphatic hydroxyl groups is 1. The number of hydrogen-bond donors (Lipinski definition) is 1. The Balaban J connectivity index is 2.42. The third-order valence-electron chi connectivity index (χ3n) is 3.19. The first-order valence-electron chi connectivity index (χ1n) is 6.66. The largest absolute Gasteiger partial charge is 0.497 e. The average Bonchev–Trinajstić information content (AvgIpc) is 2.81. The third-order valence-corrected chi connectivity index (χ3v) is 3.19. The number of anilines is 1. The van der Waals surface area contributed by atoms with Gasteiger partial charge in [0.1, 0.15) is 11.5 Å². The molecule has 7 heteroatoms. The van der Waals surface area contributed by atoms with Gasteiger partial charge in [-0.15, -0.1) is 0 Å². The highest BCUT2D eigenvalue weighted by Gasteiger charge is 2.36. The molecule has 0 atom stereocenters. The van der Waals surface area contributed by atoms with E-state index < -0.39 is 17.6 Å². The molecule has 0 aromatic heterocycles. The number of ketones is 1. The monoisotopic (exact) mass is 307 g/mol. The van der Waals surface area contributed by atoms with Crippen LogP contribution in [0.4, 0.5) is 5.69 Å². The number of Topliss-reactive ketones (excluding diaryl/α,β-unsaturated/α-hetero) is 1. The maximum Gasteiger partial charge on any atom is 0.347 e. The second-order valence-electron chi connectivity index (χ2n) is 4.50. The molecule has 0 amide bonds. The summed E-state index contributed by atoms with van der Waals surface area (Å²) in [6.45, 7) is 1.59. The molecule has 1 N–H and O–H groups in total. The summed E-state index contributed by atoms with van der Waals surface area (Å²) in [7, 11) is 2.99. The molecule has 1 aliphatic heterocycles. The van der Waals surface area contributed by atoms with Gasteiger partial charge in [0, 0.05) is 18.2 Å². The highest BCUT2D eigenvalue weighted by atomic mass is 16.5. The molecule has 1 aromatic rings. The molecule has 7 nitrogen and oxygen atoms in total. The Labute approximate surface area is 127 Å². The van der Waals surface area contributed by atoms with Crippen molar-refractivity contribution in [3.63, 3.8) is 0 Å². The first kappa shape index (κ1) is 15.7. The lowest BCUT2D eigenvalue weighted by atomic mass is 10.2. The molecule has 2 rings (SSSR count). The van der Waals surface area contributed by atoms with Crippen molar-refractivity contribution in [2.24, 2.45) is 0 Å². The van der Waals surface area contributed by atoms with Gasteiger partial charge < -0.3 is 24.2 Å². The first-order valence-corrected chi connectivity index (χ1v) is 6.66. The van der Waals surface area contributed by atoms with Crippen LogP contribution in [-0.2, 0) is 14.3 Å². The minimum Gasteiger partial charge on any atom is -0.497 e. The predicted molar refractivity (Wildman–Crippen MR) is 78.2 cm³/mol. The van der Waals surface area contributed by atoms with Gasteiger partial charge in [-0.05, 0) is 6.92 Å². The fourth-order valence-corrected chi connectivity index (χ4v) is 2.13. The SMILES string of the molecule is CCOC(=O)C1=C(O)N(c2cc(OC)cc(OC)c2)CC1=O. The summed E-state index contributed by atoms with van der Waals surface area (Å²) >= 11 is 0. The fraction of sp³-hybridized carbons (Fsp3) is 0.333. The van der Waals surface area contributed by atoms with Crippen LogP contribution in [0.5, 0.6) is 11.5 Å². The number of methoxy groups -OCH3 is 2. The van der Waals surface area contributed by atoms with E-state index in [9.17, 15) is 14.7 Å². The van der Waals surface area contributed by atoms with E-state index in [1.165, 1.54) is 19.1 Å². The molecule has 1 aliphatic rings. The van der Waals surface area contributed by atoms with Crippen LogP contribution >= 0.6 is 0 Å². The van der Waals surface area contributed by atoms with E-state index in [-0.39, 0.29) is 18.7 Å². The van der Waals surface area contributed by atoms with E-state index in [0.29, 0.717) is 17.2 Å².